The number of nitrogens with two attached hydrogens (primary N) is 1. The largest absolute Gasteiger partial charge is 0.370 e. The molecule has 3 N–H and O–H groups in total. The molecule has 0 aliphatic heterocycles. The van der Waals surface area contributed by atoms with Gasteiger partial charge >= 0.3 is 0 Å². The Morgan fingerprint density at radius 1 is 1.26 bits per heavy atom. The van der Waals surface area contributed by atoms with Crippen LogP contribution in [0.4, 0.5) is 5.69 Å². The number of guanidine groups is 1. The number of nitrogens with one attached hydrogen (secondary N) is 1. The van der Waals surface area contributed by atoms with Gasteiger partial charge in [0.05, 0.1) is 5.69 Å². The zero-order chi connectivity index (χ0) is 16.2. The molecule has 1 aromatic heterocycles. The number of hydrogen-bond donors (Lipinski definition) is 2. The lowest BCUT2D eigenvalue weighted by Crippen LogP contribution is -2.23. The standard InChI is InChI=1S/C18H25N5/c1-13-11-14(2)23(22-13)10-4-9-20-18(19)21-17-8-7-15-5-3-6-16(15)12-17/h7-8,11-12H,3-6,9-10H2,1-2H3,(H3,19,20,21). The van der Waals surface area contributed by atoms with Crippen LogP contribution in [0.2, 0.25) is 0 Å². The minimum Gasteiger partial charge on any atom is -0.370 e. The molecule has 0 spiro atoms. The summed E-state index contributed by atoms with van der Waals surface area (Å²) in [5.74, 6) is 0.483. The van der Waals surface area contributed by atoms with E-state index >= 15 is 0 Å². The van der Waals surface area contributed by atoms with Gasteiger partial charge in [-0.1, -0.05) is 6.07 Å². The molecule has 1 aliphatic rings. The fourth-order valence-corrected chi connectivity index (χ4v) is 3.16. The van der Waals surface area contributed by atoms with Crippen molar-refractivity contribution in [2.45, 2.75) is 46.1 Å². The van der Waals surface area contributed by atoms with E-state index in [2.05, 4.69) is 46.6 Å². The third kappa shape index (κ3) is 3.92. The van der Waals surface area contributed by atoms with Gasteiger partial charge in [-0.2, -0.15) is 5.10 Å². The molecule has 0 radical (unpaired) electrons. The van der Waals surface area contributed by atoms with E-state index in [1.807, 2.05) is 11.6 Å². The first-order valence-corrected chi connectivity index (χ1v) is 8.31. The van der Waals surface area contributed by atoms with Crippen molar-refractivity contribution in [1.29, 1.82) is 0 Å². The van der Waals surface area contributed by atoms with Crippen molar-refractivity contribution in [1.82, 2.24) is 9.78 Å². The number of aryl methyl sites for hydroxylation is 5. The van der Waals surface area contributed by atoms with Crippen molar-refractivity contribution in [2.75, 3.05) is 11.9 Å². The van der Waals surface area contributed by atoms with E-state index in [1.54, 1.807) is 0 Å². The summed E-state index contributed by atoms with van der Waals surface area (Å²) in [6, 6.07) is 8.57. The summed E-state index contributed by atoms with van der Waals surface area (Å²) in [7, 11) is 0. The fraction of sp³-hybridized carbons (Fsp3) is 0.444. The highest BCUT2D eigenvalue weighted by atomic mass is 15.3. The molecule has 5 nitrogen and oxygen atoms in total. The second kappa shape index (κ2) is 6.86. The predicted molar refractivity (Wildman–Crippen MR) is 94.9 cm³/mol. The van der Waals surface area contributed by atoms with Crippen LogP contribution in [0.15, 0.2) is 29.3 Å². The lowest BCUT2D eigenvalue weighted by atomic mass is 10.1. The van der Waals surface area contributed by atoms with Crippen molar-refractivity contribution >= 4 is 11.6 Å². The first-order valence-electron chi connectivity index (χ1n) is 8.31. The smallest absolute Gasteiger partial charge is 0.193 e. The average molecular weight is 311 g/mol. The Hall–Kier alpha value is -2.30. The average Bonchev–Trinajstić information content (AvgIpc) is 3.09. The summed E-state index contributed by atoms with van der Waals surface area (Å²) in [5.41, 5.74) is 12.2. The Morgan fingerprint density at radius 3 is 2.87 bits per heavy atom. The molecule has 0 saturated heterocycles. The maximum absolute atomic E-state index is 5.98. The SMILES string of the molecule is Cc1cc(C)n(CCCN=C(N)Nc2ccc3c(c2)CCC3)n1. The highest BCUT2D eigenvalue weighted by molar-refractivity contribution is 5.92. The zero-order valence-electron chi connectivity index (χ0n) is 14.0. The molecule has 0 amide bonds. The van der Waals surface area contributed by atoms with Crippen molar-refractivity contribution in [2.24, 2.45) is 10.7 Å². The van der Waals surface area contributed by atoms with E-state index in [1.165, 1.54) is 36.1 Å². The number of fused-ring (bicyclic) bond motifs is 1. The summed E-state index contributed by atoms with van der Waals surface area (Å²) >= 11 is 0. The van der Waals surface area contributed by atoms with Crippen LogP contribution in [0.25, 0.3) is 0 Å². The van der Waals surface area contributed by atoms with Gasteiger partial charge in [-0.25, -0.2) is 0 Å². The van der Waals surface area contributed by atoms with E-state index in [9.17, 15) is 0 Å². The van der Waals surface area contributed by atoms with E-state index in [4.69, 9.17) is 5.73 Å². The van der Waals surface area contributed by atoms with Crippen molar-refractivity contribution in [3.05, 3.63) is 46.8 Å². The van der Waals surface area contributed by atoms with Crippen LogP contribution in [-0.4, -0.2) is 22.3 Å². The first-order chi connectivity index (χ1) is 11.1. The van der Waals surface area contributed by atoms with Crippen LogP contribution < -0.4 is 11.1 Å². The van der Waals surface area contributed by atoms with Crippen molar-refractivity contribution in [3.63, 3.8) is 0 Å². The molecule has 0 fully saturated rings. The Bertz CT molecular complexity index is 714. The molecule has 1 aromatic carbocycles. The fourth-order valence-electron chi connectivity index (χ4n) is 3.16. The van der Waals surface area contributed by atoms with E-state index in [0.717, 1.165) is 24.3 Å². The molecule has 0 atom stereocenters. The van der Waals surface area contributed by atoms with Gasteiger partial charge in [0.1, 0.15) is 0 Å². The van der Waals surface area contributed by atoms with Gasteiger partial charge in [0.2, 0.25) is 0 Å². The number of anilines is 1. The molecule has 1 heterocycles. The molecule has 122 valence electrons. The topological polar surface area (TPSA) is 68.2 Å². The van der Waals surface area contributed by atoms with Gasteiger partial charge in [-0.3, -0.25) is 9.67 Å². The molecule has 2 aromatic rings. The van der Waals surface area contributed by atoms with Crippen LogP contribution in [0.3, 0.4) is 0 Å². The highest BCUT2D eigenvalue weighted by Gasteiger charge is 2.10. The van der Waals surface area contributed by atoms with E-state index < -0.39 is 0 Å². The van der Waals surface area contributed by atoms with Gasteiger partial charge in [0.15, 0.2) is 5.96 Å². The summed E-state index contributed by atoms with van der Waals surface area (Å²) in [4.78, 5) is 4.41. The predicted octanol–water partition coefficient (Wildman–Crippen LogP) is 2.81. The maximum Gasteiger partial charge on any atom is 0.193 e. The Morgan fingerprint density at radius 2 is 2.09 bits per heavy atom. The van der Waals surface area contributed by atoms with Gasteiger partial charge in [-0.05, 0) is 68.9 Å². The Labute approximate surface area is 137 Å². The van der Waals surface area contributed by atoms with Gasteiger partial charge < -0.3 is 11.1 Å². The first kappa shape index (κ1) is 15.6. The number of nitrogens with zero attached hydrogens (tertiary/aromatic N) is 3. The maximum atomic E-state index is 5.98. The third-order valence-electron chi connectivity index (χ3n) is 4.28. The van der Waals surface area contributed by atoms with Gasteiger partial charge in [-0.15, -0.1) is 0 Å². The minimum absolute atomic E-state index is 0.483. The van der Waals surface area contributed by atoms with E-state index in [0.29, 0.717) is 12.5 Å². The molecule has 0 unspecified atom stereocenters. The summed E-state index contributed by atoms with van der Waals surface area (Å²) in [6.45, 7) is 5.66. The second-order valence-electron chi connectivity index (χ2n) is 6.23. The van der Waals surface area contributed by atoms with Gasteiger partial charge in [0, 0.05) is 24.5 Å². The second-order valence-corrected chi connectivity index (χ2v) is 6.23. The van der Waals surface area contributed by atoms with Gasteiger partial charge in [0.25, 0.3) is 0 Å². The molecular formula is C18H25N5. The van der Waals surface area contributed by atoms with Crippen molar-refractivity contribution < 1.29 is 0 Å². The quantitative estimate of drug-likeness (QED) is 0.507. The van der Waals surface area contributed by atoms with Crippen LogP contribution in [0.5, 0.6) is 0 Å². The van der Waals surface area contributed by atoms with Crippen LogP contribution >= 0.6 is 0 Å². The molecule has 1 aliphatic carbocycles. The molecule has 0 bridgehead atoms. The Kier molecular flexibility index (Phi) is 4.65. The molecular weight excluding hydrogens is 286 g/mol. The van der Waals surface area contributed by atoms with E-state index in [-0.39, 0.29) is 0 Å². The number of benzene rings is 1. The molecule has 5 heteroatoms. The highest BCUT2D eigenvalue weighted by Crippen LogP contribution is 2.24. The molecule has 23 heavy (non-hydrogen) atoms. The molecule has 3 rings (SSSR count). The van der Waals surface area contributed by atoms with Crippen LogP contribution in [0, 0.1) is 13.8 Å². The number of aromatic nitrogens is 2. The summed E-state index contributed by atoms with van der Waals surface area (Å²) in [5, 5.41) is 7.64. The third-order valence-corrected chi connectivity index (χ3v) is 4.28. The lowest BCUT2D eigenvalue weighted by molar-refractivity contribution is 0.568. The monoisotopic (exact) mass is 311 g/mol. The summed E-state index contributed by atoms with van der Waals surface area (Å²) < 4.78 is 2.02. The molecule has 0 saturated carbocycles. The Balaban J connectivity index is 1.49. The normalized spacial score (nSPS) is 14.1. The van der Waals surface area contributed by atoms with Crippen LogP contribution in [-0.2, 0) is 19.4 Å². The number of rotatable bonds is 5. The number of aliphatic imine (C=N–C) groups is 1. The zero-order valence-corrected chi connectivity index (χ0v) is 14.0. The summed E-state index contributed by atoms with van der Waals surface area (Å²) in [6.07, 6.45) is 4.55. The van der Waals surface area contributed by atoms with Crippen molar-refractivity contribution in [3.8, 4) is 0 Å². The van der Waals surface area contributed by atoms with Crippen LogP contribution in [0.1, 0.15) is 35.4 Å². The lowest BCUT2D eigenvalue weighted by Gasteiger charge is -2.08. The minimum atomic E-state index is 0.483. The number of hydrogen-bond acceptors (Lipinski definition) is 2.